The summed E-state index contributed by atoms with van der Waals surface area (Å²) in [4.78, 5) is 10.6. The number of halogens is 1. The first-order valence-electron chi connectivity index (χ1n) is 4.24. The summed E-state index contributed by atoms with van der Waals surface area (Å²) in [5.74, 6) is 0. The van der Waals surface area contributed by atoms with E-state index in [0.29, 0.717) is 0 Å². The minimum atomic E-state index is 0.873. The predicted octanol–water partition coefficient (Wildman–Crippen LogP) is 2.98. The standard InChI is InChI=1S/C11H9BrO/c12-11-4-3-9-2-1-8(7-13)5-10(9)6-11/h3-7H,1-2H2. The largest absolute Gasteiger partial charge is 0.298 e. The van der Waals surface area contributed by atoms with Crippen LogP contribution in [0.2, 0.25) is 0 Å². The lowest BCUT2D eigenvalue weighted by molar-refractivity contribution is -0.105. The smallest absolute Gasteiger partial charge is 0.146 e. The van der Waals surface area contributed by atoms with Crippen LogP contribution in [0.5, 0.6) is 0 Å². The molecule has 0 N–H and O–H groups in total. The predicted molar refractivity (Wildman–Crippen MR) is 56.5 cm³/mol. The highest BCUT2D eigenvalue weighted by molar-refractivity contribution is 9.10. The van der Waals surface area contributed by atoms with Gasteiger partial charge in [-0.3, -0.25) is 4.79 Å². The van der Waals surface area contributed by atoms with Crippen molar-refractivity contribution in [2.45, 2.75) is 12.8 Å². The molecule has 0 atom stereocenters. The molecule has 0 heterocycles. The monoisotopic (exact) mass is 236 g/mol. The van der Waals surface area contributed by atoms with Gasteiger partial charge in [0.15, 0.2) is 0 Å². The zero-order chi connectivity index (χ0) is 9.26. The molecule has 0 spiro atoms. The molecule has 1 aromatic carbocycles. The second-order valence-corrected chi connectivity index (χ2v) is 4.10. The van der Waals surface area contributed by atoms with E-state index in [4.69, 9.17) is 0 Å². The molecular weight excluding hydrogens is 228 g/mol. The van der Waals surface area contributed by atoms with Gasteiger partial charge in [0.25, 0.3) is 0 Å². The molecule has 2 heteroatoms. The number of fused-ring (bicyclic) bond motifs is 1. The van der Waals surface area contributed by atoms with Crippen LogP contribution < -0.4 is 0 Å². The van der Waals surface area contributed by atoms with E-state index in [1.54, 1.807) is 0 Å². The number of allylic oxidation sites excluding steroid dienone is 1. The molecule has 0 saturated carbocycles. The van der Waals surface area contributed by atoms with Gasteiger partial charge in [0.05, 0.1) is 0 Å². The van der Waals surface area contributed by atoms with Crippen molar-refractivity contribution < 1.29 is 4.79 Å². The zero-order valence-corrected chi connectivity index (χ0v) is 8.67. The van der Waals surface area contributed by atoms with Crippen LogP contribution in [0.15, 0.2) is 28.2 Å². The lowest BCUT2D eigenvalue weighted by Gasteiger charge is -2.12. The van der Waals surface area contributed by atoms with Gasteiger partial charge in [-0.05, 0) is 47.8 Å². The maximum Gasteiger partial charge on any atom is 0.146 e. The molecule has 0 aliphatic heterocycles. The van der Waals surface area contributed by atoms with E-state index in [9.17, 15) is 4.79 Å². The third kappa shape index (κ3) is 1.73. The Kier molecular flexibility index (Phi) is 2.32. The van der Waals surface area contributed by atoms with E-state index in [1.807, 2.05) is 12.1 Å². The number of aryl methyl sites for hydroxylation is 1. The van der Waals surface area contributed by atoms with Crippen molar-refractivity contribution in [3.05, 3.63) is 39.4 Å². The Balaban J connectivity index is 2.49. The van der Waals surface area contributed by atoms with Crippen LogP contribution >= 0.6 is 15.9 Å². The molecule has 0 aromatic heterocycles. The Bertz CT molecular complexity index is 380. The first-order valence-corrected chi connectivity index (χ1v) is 5.03. The van der Waals surface area contributed by atoms with Gasteiger partial charge < -0.3 is 0 Å². The lowest BCUT2D eigenvalue weighted by atomic mass is 9.93. The molecule has 0 bridgehead atoms. The van der Waals surface area contributed by atoms with Crippen LogP contribution in [0.3, 0.4) is 0 Å². The molecule has 66 valence electrons. The number of carbonyl (C=O) groups excluding carboxylic acids is 1. The van der Waals surface area contributed by atoms with Crippen LogP contribution in [-0.2, 0) is 11.2 Å². The molecule has 1 aromatic rings. The van der Waals surface area contributed by atoms with Gasteiger partial charge in [0.2, 0.25) is 0 Å². The van der Waals surface area contributed by atoms with E-state index in [1.165, 1.54) is 11.1 Å². The first kappa shape index (κ1) is 8.70. The molecule has 0 radical (unpaired) electrons. The highest BCUT2D eigenvalue weighted by Gasteiger charge is 2.09. The number of rotatable bonds is 1. The Morgan fingerprint density at radius 2 is 2.15 bits per heavy atom. The second kappa shape index (κ2) is 3.46. The van der Waals surface area contributed by atoms with Gasteiger partial charge in [-0.2, -0.15) is 0 Å². The van der Waals surface area contributed by atoms with Crippen LogP contribution in [0.4, 0.5) is 0 Å². The van der Waals surface area contributed by atoms with Crippen LogP contribution in [0, 0.1) is 0 Å². The van der Waals surface area contributed by atoms with Gasteiger partial charge in [-0.15, -0.1) is 0 Å². The highest BCUT2D eigenvalue weighted by atomic mass is 79.9. The van der Waals surface area contributed by atoms with Crippen molar-refractivity contribution in [2.24, 2.45) is 0 Å². The minimum absolute atomic E-state index is 0.873. The van der Waals surface area contributed by atoms with Gasteiger partial charge in [-0.1, -0.05) is 22.0 Å². The van der Waals surface area contributed by atoms with Crippen molar-refractivity contribution in [1.82, 2.24) is 0 Å². The quantitative estimate of drug-likeness (QED) is 0.686. The van der Waals surface area contributed by atoms with Gasteiger partial charge in [0.1, 0.15) is 6.29 Å². The van der Waals surface area contributed by atoms with Gasteiger partial charge in [-0.25, -0.2) is 0 Å². The van der Waals surface area contributed by atoms with Gasteiger partial charge in [0, 0.05) is 4.47 Å². The first-order chi connectivity index (χ1) is 6.29. The lowest BCUT2D eigenvalue weighted by Crippen LogP contribution is -1.99. The van der Waals surface area contributed by atoms with Crippen LogP contribution in [0.25, 0.3) is 6.08 Å². The Labute approximate surface area is 85.6 Å². The average molecular weight is 237 g/mol. The molecule has 0 saturated heterocycles. The third-order valence-corrected chi connectivity index (χ3v) is 2.78. The van der Waals surface area contributed by atoms with Gasteiger partial charge >= 0.3 is 0 Å². The molecule has 0 fully saturated rings. The summed E-state index contributed by atoms with van der Waals surface area (Å²) in [5, 5.41) is 0. The number of carbonyl (C=O) groups is 1. The summed E-state index contributed by atoms with van der Waals surface area (Å²) >= 11 is 3.41. The number of aldehydes is 1. The van der Waals surface area contributed by atoms with Crippen molar-refractivity contribution in [3.8, 4) is 0 Å². The Hall–Kier alpha value is -0.890. The molecule has 1 aliphatic carbocycles. The van der Waals surface area contributed by atoms with Crippen molar-refractivity contribution >= 4 is 28.3 Å². The van der Waals surface area contributed by atoms with E-state index in [0.717, 1.165) is 29.2 Å². The summed E-state index contributed by atoms with van der Waals surface area (Å²) in [5.41, 5.74) is 3.39. The normalized spacial score (nSPS) is 14.7. The summed E-state index contributed by atoms with van der Waals surface area (Å²) in [6.45, 7) is 0. The van der Waals surface area contributed by atoms with Crippen molar-refractivity contribution in [2.75, 3.05) is 0 Å². The second-order valence-electron chi connectivity index (χ2n) is 3.18. The van der Waals surface area contributed by atoms with Crippen molar-refractivity contribution in [3.63, 3.8) is 0 Å². The topological polar surface area (TPSA) is 17.1 Å². The zero-order valence-electron chi connectivity index (χ0n) is 7.09. The number of hydrogen-bond acceptors (Lipinski definition) is 1. The molecule has 1 aliphatic rings. The summed E-state index contributed by atoms with van der Waals surface area (Å²) in [7, 11) is 0. The SMILES string of the molecule is O=CC1=Cc2cc(Br)ccc2CC1. The minimum Gasteiger partial charge on any atom is -0.298 e. The molecule has 0 unspecified atom stereocenters. The van der Waals surface area contributed by atoms with E-state index in [-0.39, 0.29) is 0 Å². The highest BCUT2D eigenvalue weighted by Crippen LogP contribution is 2.25. The molecule has 2 rings (SSSR count). The summed E-state index contributed by atoms with van der Waals surface area (Å²) in [6, 6.07) is 6.20. The summed E-state index contributed by atoms with van der Waals surface area (Å²) < 4.78 is 1.06. The summed E-state index contributed by atoms with van der Waals surface area (Å²) in [6.07, 6.45) is 4.77. The maximum atomic E-state index is 10.6. The Morgan fingerprint density at radius 3 is 2.92 bits per heavy atom. The van der Waals surface area contributed by atoms with E-state index >= 15 is 0 Å². The number of benzene rings is 1. The van der Waals surface area contributed by atoms with Crippen LogP contribution in [-0.4, -0.2) is 6.29 Å². The van der Waals surface area contributed by atoms with E-state index in [2.05, 4.69) is 28.1 Å². The molecular formula is C11H9BrO. The number of hydrogen-bond donors (Lipinski definition) is 0. The van der Waals surface area contributed by atoms with Crippen molar-refractivity contribution in [1.29, 1.82) is 0 Å². The maximum absolute atomic E-state index is 10.6. The fraction of sp³-hybridized carbons (Fsp3) is 0.182. The third-order valence-electron chi connectivity index (χ3n) is 2.28. The fourth-order valence-electron chi connectivity index (χ4n) is 1.57. The van der Waals surface area contributed by atoms with E-state index < -0.39 is 0 Å². The Morgan fingerprint density at radius 1 is 1.31 bits per heavy atom. The van der Waals surface area contributed by atoms with Crippen LogP contribution in [0.1, 0.15) is 17.5 Å². The average Bonchev–Trinajstić information content (AvgIpc) is 2.16. The molecule has 0 amide bonds. The fourth-order valence-corrected chi connectivity index (χ4v) is 1.95. The molecule has 13 heavy (non-hydrogen) atoms. The molecule has 1 nitrogen and oxygen atoms in total.